The summed E-state index contributed by atoms with van der Waals surface area (Å²) in [5.41, 5.74) is 0. The van der Waals surface area contributed by atoms with Gasteiger partial charge in [-0.2, -0.15) is 0 Å². The molecule has 0 saturated heterocycles. The molecule has 0 amide bonds. The Morgan fingerprint density at radius 1 is 1.71 bits per heavy atom. The predicted octanol–water partition coefficient (Wildman–Crippen LogP) is 1.64. The molecule has 0 heterocycles. The molecule has 0 saturated carbocycles. The summed E-state index contributed by atoms with van der Waals surface area (Å²) in [6, 6.07) is 0. The fraction of sp³-hybridized carbons (Fsp3) is 1.00. The van der Waals surface area contributed by atoms with E-state index in [4.69, 9.17) is 11.6 Å². The van der Waals surface area contributed by atoms with Crippen LogP contribution in [0.2, 0.25) is 0 Å². The molecule has 42 valence electrons. The molecule has 7 heavy (non-hydrogen) atoms. The first-order chi connectivity index (χ1) is 3.27. The van der Waals surface area contributed by atoms with Crippen LogP contribution in [0.4, 0.5) is 0 Å². The van der Waals surface area contributed by atoms with Crippen molar-refractivity contribution in [2.24, 2.45) is 0 Å². The monoisotopic (exact) mass is 314 g/mol. The van der Waals surface area contributed by atoms with Crippen molar-refractivity contribution < 1.29 is 0 Å². The summed E-state index contributed by atoms with van der Waals surface area (Å²) in [4.78, 5) is 0. The van der Waals surface area contributed by atoms with Crippen molar-refractivity contribution in [3.05, 3.63) is 0 Å². The van der Waals surface area contributed by atoms with E-state index >= 15 is 0 Å². The SMILES string of the molecule is CCCC[CH](Cl)[PbH]. The van der Waals surface area contributed by atoms with Crippen LogP contribution in [0.25, 0.3) is 0 Å². The minimum atomic E-state index is 0.542. The summed E-state index contributed by atoms with van der Waals surface area (Å²) >= 11 is 6.70. The van der Waals surface area contributed by atoms with Crippen molar-refractivity contribution >= 4 is 37.4 Å². The van der Waals surface area contributed by atoms with Crippen LogP contribution in [0.3, 0.4) is 0 Å². The van der Waals surface area contributed by atoms with E-state index in [-0.39, 0.29) is 0 Å². The van der Waals surface area contributed by atoms with E-state index < -0.39 is 0 Å². The van der Waals surface area contributed by atoms with Gasteiger partial charge >= 0.3 is 66.5 Å². The Hall–Kier alpha value is 1.21. The van der Waals surface area contributed by atoms with Gasteiger partial charge in [0.25, 0.3) is 0 Å². The Balaban J connectivity index is 2.68. The quantitative estimate of drug-likeness (QED) is 0.549. The van der Waals surface area contributed by atoms with Crippen molar-refractivity contribution in [1.29, 1.82) is 0 Å². The zero-order valence-electron chi connectivity index (χ0n) is 4.65. The molecule has 1 unspecified atom stereocenters. The summed E-state index contributed by atoms with van der Waals surface area (Å²) in [6.45, 7) is 2.20. The van der Waals surface area contributed by atoms with Gasteiger partial charge in [-0.1, -0.05) is 0 Å². The minimum absolute atomic E-state index is 0.542. The second-order valence-electron chi connectivity index (χ2n) is 1.66. The molecule has 0 aromatic rings. The molecule has 0 N–H and O–H groups in total. The van der Waals surface area contributed by atoms with Crippen molar-refractivity contribution in [3.8, 4) is 0 Å². The van der Waals surface area contributed by atoms with E-state index in [9.17, 15) is 0 Å². The molecule has 0 fully saturated rings. The molecule has 0 aliphatic rings. The van der Waals surface area contributed by atoms with Crippen LogP contribution in [-0.2, 0) is 0 Å². The first kappa shape index (κ1) is 8.21. The van der Waals surface area contributed by atoms with Crippen molar-refractivity contribution in [3.63, 3.8) is 0 Å². The van der Waals surface area contributed by atoms with E-state index in [1.165, 1.54) is 19.3 Å². The van der Waals surface area contributed by atoms with Crippen molar-refractivity contribution in [2.45, 2.75) is 29.1 Å². The van der Waals surface area contributed by atoms with Gasteiger partial charge in [0.2, 0.25) is 0 Å². The Morgan fingerprint density at radius 3 is 2.43 bits per heavy atom. The van der Waals surface area contributed by atoms with Crippen LogP contribution in [0, 0.1) is 0 Å². The number of hydrogen-bond donors (Lipinski definition) is 0. The Bertz CT molecular complexity index is 37.1. The van der Waals surface area contributed by atoms with E-state index in [2.05, 4.69) is 6.92 Å². The first-order valence-electron chi connectivity index (χ1n) is 2.67. The van der Waals surface area contributed by atoms with E-state index in [1.54, 1.807) is 0 Å². The third-order valence-electron chi connectivity index (χ3n) is 0.833. The molecule has 0 aliphatic carbocycles. The molecule has 0 rings (SSSR count). The molecule has 0 aromatic heterocycles. The third kappa shape index (κ3) is 7.21. The predicted molar refractivity (Wildman–Crippen MR) is 36.3 cm³/mol. The Kier molecular flexibility index (Phi) is 6.28. The summed E-state index contributed by atoms with van der Waals surface area (Å²) in [5.74, 6) is 0. The van der Waals surface area contributed by atoms with Crippen molar-refractivity contribution in [1.82, 2.24) is 0 Å². The molecular weight excluding hydrogens is 303 g/mol. The molecule has 0 spiro atoms. The molecule has 2 heteroatoms. The summed E-state index contributed by atoms with van der Waals surface area (Å²) in [6.07, 6.45) is 3.84. The Labute approximate surface area is 66.3 Å². The van der Waals surface area contributed by atoms with E-state index in [0.29, 0.717) is 2.94 Å². The molecule has 0 bridgehead atoms. The van der Waals surface area contributed by atoms with Gasteiger partial charge in [-0.3, -0.25) is 0 Å². The number of halogens is 1. The summed E-state index contributed by atoms with van der Waals surface area (Å²) in [5, 5.41) is 0. The number of alkyl halides is 1. The first-order valence-corrected chi connectivity index (χ1v) is 5.69. The fourth-order valence-corrected chi connectivity index (χ4v) is 1.47. The van der Waals surface area contributed by atoms with Gasteiger partial charge in [0.05, 0.1) is 0 Å². The van der Waals surface area contributed by atoms with Crippen LogP contribution >= 0.6 is 11.6 Å². The second kappa shape index (κ2) is 5.35. The van der Waals surface area contributed by atoms with Crippen LogP contribution in [0.5, 0.6) is 0 Å². The number of unbranched alkanes of at least 4 members (excludes halogenated alkanes) is 1. The normalized spacial score (nSPS) is 14.1. The molecule has 0 aromatic carbocycles. The zero-order valence-corrected chi connectivity index (χ0v) is 9.90. The van der Waals surface area contributed by atoms with Gasteiger partial charge in [-0.05, 0) is 0 Å². The zero-order chi connectivity index (χ0) is 5.70. The number of rotatable bonds is 3. The average molecular weight is 314 g/mol. The molecule has 2 radical (unpaired) electrons. The molecular formula is C5H11ClPb. The molecule has 0 aliphatic heterocycles. The van der Waals surface area contributed by atoms with E-state index in [1.807, 2.05) is 0 Å². The maximum absolute atomic E-state index is 5.73. The van der Waals surface area contributed by atoms with Gasteiger partial charge < -0.3 is 0 Å². The molecule has 1 atom stereocenters. The van der Waals surface area contributed by atoms with Crippen LogP contribution < -0.4 is 0 Å². The van der Waals surface area contributed by atoms with Gasteiger partial charge in [0, 0.05) is 0 Å². The van der Waals surface area contributed by atoms with Crippen LogP contribution in [0.15, 0.2) is 0 Å². The standard InChI is InChI=1S/C5H10Cl.Pb.H/c1-2-3-4-5-6;;/h5H,2-4H2,1H3;;. The van der Waals surface area contributed by atoms with Crippen LogP contribution in [-0.4, -0.2) is 28.7 Å². The molecule has 0 nitrogen and oxygen atoms in total. The van der Waals surface area contributed by atoms with Gasteiger partial charge in [-0.25, -0.2) is 0 Å². The average Bonchev–Trinajstić information content (AvgIpc) is 1.61. The number of hydrogen-bond acceptors (Lipinski definition) is 0. The topological polar surface area (TPSA) is 0 Å². The third-order valence-corrected chi connectivity index (χ3v) is 2.35. The van der Waals surface area contributed by atoms with Crippen molar-refractivity contribution in [2.75, 3.05) is 0 Å². The van der Waals surface area contributed by atoms with E-state index in [0.717, 1.165) is 25.8 Å². The fourth-order valence-electron chi connectivity index (χ4n) is 0.399. The Morgan fingerprint density at radius 2 is 2.29 bits per heavy atom. The van der Waals surface area contributed by atoms with Gasteiger partial charge in [0.15, 0.2) is 0 Å². The summed E-state index contributed by atoms with van der Waals surface area (Å²) < 4.78 is 0.542. The van der Waals surface area contributed by atoms with Crippen LogP contribution in [0.1, 0.15) is 26.2 Å². The second-order valence-corrected chi connectivity index (χ2v) is 6.99. The summed E-state index contributed by atoms with van der Waals surface area (Å²) in [7, 11) is 0. The van der Waals surface area contributed by atoms with Gasteiger partial charge in [-0.15, -0.1) is 0 Å². The maximum atomic E-state index is 5.73. The van der Waals surface area contributed by atoms with Gasteiger partial charge in [0.1, 0.15) is 0 Å².